The molecule has 0 saturated carbocycles. The predicted octanol–water partition coefficient (Wildman–Crippen LogP) is 0.769. The van der Waals surface area contributed by atoms with Crippen molar-refractivity contribution in [3.05, 3.63) is 46.3 Å². The second-order valence-corrected chi connectivity index (χ2v) is 5.29. The minimum Gasteiger partial charge on any atom is -0.362 e. The van der Waals surface area contributed by atoms with Crippen LogP contribution in [0.1, 0.15) is 12.8 Å². The number of hydrogen-bond donors (Lipinski definition) is 4. The van der Waals surface area contributed by atoms with Crippen LogP contribution in [0.15, 0.2) is 46.3 Å². The van der Waals surface area contributed by atoms with E-state index in [4.69, 9.17) is 0 Å². The molecule has 0 aliphatic heterocycles. The Bertz CT molecular complexity index is 390. The van der Waals surface area contributed by atoms with E-state index < -0.39 is 11.6 Å². The highest BCUT2D eigenvalue weighted by Gasteiger charge is 2.23. The Morgan fingerprint density at radius 1 is 0.824 bits per heavy atom. The molecule has 0 aromatic heterocycles. The topological polar surface area (TPSA) is 80.9 Å². The van der Waals surface area contributed by atoms with Gasteiger partial charge in [0.1, 0.15) is 0 Å². The Kier molecular flexibility index (Phi) is 3.29. The van der Waals surface area contributed by atoms with Crippen LogP contribution in [0.5, 0.6) is 0 Å². The van der Waals surface area contributed by atoms with Crippen LogP contribution < -0.4 is 0 Å². The Morgan fingerprint density at radius 3 is 1.53 bits per heavy atom. The monoisotopic (exact) mass is 254 g/mol. The Morgan fingerprint density at radius 2 is 1.24 bits per heavy atom. The van der Waals surface area contributed by atoms with Crippen LogP contribution in [0.25, 0.3) is 0 Å². The van der Waals surface area contributed by atoms with Gasteiger partial charge in [-0.25, -0.2) is 0 Å². The lowest BCUT2D eigenvalue weighted by atomic mass is 10.1. The summed E-state index contributed by atoms with van der Waals surface area (Å²) in [5.74, 6) is -3.49. The predicted molar refractivity (Wildman–Crippen MR) is 65.6 cm³/mol. The van der Waals surface area contributed by atoms with Gasteiger partial charge in [0.05, 0.1) is 0 Å². The van der Waals surface area contributed by atoms with E-state index >= 15 is 0 Å². The standard InChI is InChI=1S/C12H14O4S/c13-11(14)5-1-9(2-6-11)17-10-3-7-12(15,16)8-4-10/h1-5,7,13-16H,6,8H2. The molecule has 0 spiro atoms. The minimum absolute atomic E-state index is 0.159. The third-order valence-electron chi connectivity index (χ3n) is 2.47. The summed E-state index contributed by atoms with van der Waals surface area (Å²) in [5.41, 5.74) is 0. The normalized spacial score (nSPS) is 25.4. The SMILES string of the molecule is OC1(O)C=CC(SC2=CCC(O)(O)C=C2)=CC1. The molecule has 0 amide bonds. The largest absolute Gasteiger partial charge is 0.362 e. The first-order valence-electron chi connectivity index (χ1n) is 5.22. The third kappa shape index (κ3) is 3.55. The molecule has 4 N–H and O–H groups in total. The fourth-order valence-corrected chi connectivity index (χ4v) is 2.37. The van der Waals surface area contributed by atoms with Crippen molar-refractivity contribution >= 4 is 11.8 Å². The van der Waals surface area contributed by atoms with Crippen molar-refractivity contribution < 1.29 is 20.4 Å². The molecule has 0 saturated heterocycles. The fraction of sp³-hybridized carbons (Fsp3) is 0.333. The highest BCUT2D eigenvalue weighted by atomic mass is 32.2. The molecule has 2 aliphatic rings. The molecule has 17 heavy (non-hydrogen) atoms. The van der Waals surface area contributed by atoms with Gasteiger partial charge in [0.2, 0.25) is 0 Å². The maximum atomic E-state index is 9.29. The second kappa shape index (κ2) is 4.44. The van der Waals surface area contributed by atoms with Gasteiger partial charge in [0.15, 0.2) is 11.6 Å². The van der Waals surface area contributed by atoms with E-state index in [0.29, 0.717) is 0 Å². The quantitative estimate of drug-likeness (QED) is 0.547. The lowest BCUT2D eigenvalue weighted by molar-refractivity contribution is -0.115. The van der Waals surface area contributed by atoms with Gasteiger partial charge >= 0.3 is 0 Å². The molecule has 0 bridgehead atoms. The van der Waals surface area contributed by atoms with E-state index in [0.717, 1.165) is 9.81 Å². The molecular formula is C12H14O4S. The molecule has 0 heterocycles. The molecule has 0 aromatic rings. The molecule has 5 heteroatoms. The van der Waals surface area contributed by atoms with Crippen LogP contribution in [0, 0.1) is 0 Å². The average molecular weight is 254 g/mol. The number of aliphatic hydroxyl groups is 4. The third-order valence-corrected chi connectivity index (χ3v) is 3.55. The molecular weight excluding hydrogens is 240 g/mol. The molecule has 0 fully saturated rings. The molecule has 2 rings (SSSR count). The zero-order chi connectivity index (χ0) is 12.5. The van der Waals surface area contributed by atoms with Crippen LogP contribution in [0.3, 0.4) is 0 Å². The van der Waals surface area contributed by atoms with Crippen molar-refractivity contribution in [2.45, 2.75) is 24.4 Å². The van der Waals surface area contributed by atoms with Gasteiger partial charge in [-0.05, 0) is 24.3 Å². The first kappa shape index (κ1) is 12.6. The van der Waals surface area contributed by atoms with E-state index in [-0.39, 0.29) is 12.8 Å². The smallest absolute Gasteiger partial charge is 0.186 e. The van der Waals surface area contributed by atoms with Crippen molar-refractivity contribution in [3.63, 3.8) is 0 Å². The van der Waals surface area contributed by atoms with Gasteiger partial charge < -0.3 is 20.4 Å². The Balaban J connectivity index is 1.97. The number of rotatable bonds is 2. The van der Waals surface area contributed by atoms with Crippen molar-refractivity contribution in [2.24, 2.45) is 0 Å². The van der Waals surface area contributed by atoms with Crippen LogP contribution in [0.4, 0.5) is 0 Å². The van der Waals surface area contributed by atoms with E-state index in [9.17, 15) is 20.4 Å². The van der Waals surface area contributed by atoms with E-state index in [1.54, 1.807) is 24.3 Å². The summed E-state index contributed by atoms with van der Waals surface area (Å²) >= 11 is 1.45. The van der Waals surface area contributed by atoms with Gasteiger partial charge in [0.25, 0.3) is 0 Å². The summed E-state index contributed by atoms with van der Waals surface area (Å²) in [6.45, 7) is 0. The van der Waals surface area contributed by atoms with Crippen LogP contribution in [-0.4, -0.2) is 32.0 Å². The zero-order valence-electron chi connectivity index (χ0n) is 9.08. The van der Waals surface area contributed by atoms with Crippen LogP contribution in [0.2, 0.25) is 0 Å². The van der Waals surface area contributed by atoms with Crippen LogP contribution in [-0.2, 0) is 0 Å². The summed E-state index contributed by atoms with van der Waals surface area (Å²) in [5, 5.41) is 37.1. The van der Waals surface area contributed by atoms with Gasteiger partial charge in [-0.1, -0.05) is 23.9 Å². The molecule has 4 nitrogen and oxygen atoms in total. The highest BCUT2D eigenvalue weighted by Crippen LogP contribution is 2.34. The van der Waals surface area contributed by atoms with Crippen molar-refractivity contribution in [3.8, 4) is 0 Å². The Labute approximate surface area is 103 Å². The Hall–Kier alpha value is -0.850. The van der Waals surface area contributed by atoms with Gasteiger partial charge in [-0.15, -0.1) is 0 Å². The van der Waals surface area contributed by atoms with E-state index in [1.165, 1.54) is 23.9 Å². The molecule has 0 radical (unpaired) electrons. The highest BCUT2D eigenvalue weighted by molar-refractivity contribution is 8.07. The lowest BCUT2D eigenvalue weighted by Gasteiger charge is -2.22. The van der Waals surface area contributed by atoms with Crippen molar-refractivity contribution in [2.75, 3.05) is 0 Å². The van der Waals surface area contributed by atoms with Gasteiger partial charge in [-0.3, -0.25) is 0 Å². The summed E-state index contributed by atoms with van der Waals surface area (Å²) < 4.78 is 0. The fourth-order valence-electron chi connectivity index (χ4n) is 1.49. The maximum absolute atomic E-state index is 9.29. The number of hydrogen-bond acceptors (Lipinski definition) is 5. The average Bonchev–Trinajstić information content (AvgIpc) is 2.24. The van der Waals surface area contributed by atoms with Crippen LogP contribution >= 0.6 is 11.8 Å². The molecule has 2 aliphatic carbocycles. The summed E-state index contributed by atoms with van der Waals surface area (Å²) in [6.07, 6.45) is 9.75. The van der Waals surface area contributed by atoms with Gasteiger partial charge in [0, 0.05) is 22.7 Å². The van der Waals surface area contributed by atoms with Crippen molar-refractivity contribution in [1.29, 1.82) is 0 Å². The van der Waals surface area contributed by atoms with E-state index in [1.807, 2.05) is 0 Å². The van der Waals surface area contributed by atoms with E-state index in [2.05, 4.69) is 0 Å². The molecule has 0 unspecified atom stereocenters. The maximum Gasteiger partial charge on any atom is 0.186 e. The lowest BCUT2D eigenvalue weighted by Crippen LogP contribution is -2.25. The number of allylic oxidation sites excluding steroid dienone is 2. The van der Waals surface area contributed by atoms with Gasteiger partial charge in [-0.2, -0.15) is 0 Å². The first-order chi connectivity index (χ1) is 7.86. The summed E-state index contributed by atoms with van der Waals surface area (Å²) in [6, 6.07) is 0. The summed E-state index contributed by atoms with van der Waals surface area (Å²) in [4.78, 5) is 1.81. The zero-order valence-corrected chi connectivity index (χ0v) is 9.89. The first-order valence-corrected chi connectivity index (χ1v) is 6.04. The molecule has 0 aromatic carbocycles. The van der Waals surface area contributed by atoms with Crippen molar-refractivity contribution in [1.82, 2.24) is 0 Å². The molecule has 0 atom stereocenters. The molecule has 92 valence electrons. The number of thioether (sulfide) groups is 1. The second-order valence-electron chi connectivity index (χ2n) is 4.15. The minimum atomic E-state index is -1.74. The summed E-state index contributed by atoms with van der Waals surface area (Å²) in [7, 11) is 0.